The summed E-state index contributed by atoms with van der Waals surface area (Å²) in [5.74, 6) is 0.502. The van der Waals surface area contributed by atoms with Crippen LogP contribution in [0.4, 0.5) is 0 Å². The summed E-state index contributed by atoms with van der Waals surface area (Å²) in [4.78, 5) is 4.16. The molecule has 0 aliphatic heterocycles. The van der Waals surface area contributed by atoms with E-state index in [2.05, 4.69) is 18.8 Å². The van der Waals surface area contributed by atoms with E-state index in [0.29, 0.717) is 17.4 Å². The maximum Gasteiger partial charge on any atom is 0.233 e. The van der Waals surface area contributed by atoms with Gasteiger partial charge in [0.25, 0.3) is 0 Å². The number of nitrogens with zero attached hydrogens (tertiary/aromatic N) is 1. The van der Waals surface area contributed by atoms with Crippen LogP contribution in [0.3, 0.4) is 0 Å². The minimum Gasteiger partial charge on any atom is -0.474 e. The van der Waals surface area contributed by atoms with Gasteiger partial charge in [-0.05, 0) is 31.4 Å². The molecule has 0 radical (unpaired) electrons. The summed E-state index contributed by atoms with van der Waals surface area (Å²) in [6, 6.07) is 1.82. The van der Waals surface area contributed by atoms with Gasteiger partial charge in [-0.15, -0.1) is 0 Å². The van der Waals surface area contributed by atoms with Crippen LogP contribution < -0.4 is 10.5 Å². The van der Waals surface area contributed by atoms with Gasteiger partial charge in [0.1, 0.15) is 5.02 Å². The Balaban J connectivity index is 2.46. The fourth-order valence-corrected chi connectivity index (χ4v) is 2.04. The quantitative estimate of drug-likeness (QED) is 0.728. The van der Waals surface area contributed by atoms with E-state index in [1.807, 2.05) is 6.07 Å². The number of rotatable bonds is 8. The summed E-state index contributed by atoms with van der Waals surface area (Å²) in [6.45, 7) is 4.67. The van der Waals surface area contributed by atoms with Crippen molar-refractivity contribution in [3.8, 4) is 5.88 Å². The van der Waals surface area contributed by atoms with Crippen LogP contribution in [-0.4, -0.2) is 11.1 Å². The first-order chi connectivity index (χ1) is 8.69. The molecule has 1 heterocycles. The molecule has 0 aliphatic carbocycles. The fourth-order valence-electron chi connectivity index (χ4n) is 1.81. The van der Waals surface area contributed by atoms with Crippen molar-refractivity contribution < 1.29 is 4.74 Å². The summed E-state index contributed by atoms with van der Waals surface area (Å²) in [7, 11) is 0. The summed E-state index contributed by atoms with van der Waals surface area (Å²) in [5, 5.41) is 0.542. The molecule has 3 nitrogen and oxygen atoms in total. The van der Waals surface area contributed by atoms with Gasteiger partial charge in [-0.1, -0.05) is 37.8 Å². The van der Waals surface area contributed by atoms with Crippen LogP contribution in [0, 0.1) is 0 Å². The van der Waals surface area contributed by atoms with Crippen molar-refractivity contribution in [2.75, 3.05) is 0 Å². The SMILES string of the molecule is CCCCCCC(C)Oc1nccc(CN)c1Cl. The zero-order valence-electron chi connectivity index (χ0n) is 11.3. The molecule has 1 atom stereocenters. The third-order valence-electron chi connectivity index (χ3n) is 2.93. The lowest BCUT2D eigenvalue weighted by molar-refractivity contribution is 0.198. The maximum atomic E-state index is 6.17. The van der Waals surface area contributed by atoms with E-state index in [1.165, 1.54) is 25.7 Å². The molecule has 0 fully saturated rings. The van der Waals surface area contributed by atoms with Crippen molar-refractivity contribution in [1.29, 1.82) is 0 Å². The first-order valence-corrected chi connectivity index (χ1v) is 7.07. The zero-order chi connectivity index (χ0) is 13.4. The summed E-state index contributed by atoms with van der Waals surface area (Å²) in [6.07, 6.45) is 7.84. The Morgan fingerprint density at radius 2 is 2.17 bits per heavy atom. The molecular formula is C14H23ClN2O. The highest BCUT2D eigenvalue weighted by atomic mass is 35.5. The van der Waals surface area contributed by atoms with E-state index in [9.17, 15) is 0 Å². The molecule has 0 aliphatic rings. The largest absolute Gasteiger partial charge is 0.474 e. The van der Waals surface area contributed by atoms with Crippen molar-refractivity contribution in [2.45, 2.75) is 58.6 Å². The molecule has 1 unspecified atom stereocenters. The molecule has 0 amide bonds. The lowest BCUT2D eigenvalue weighted by atomic mass is 10.1. The van der Waals surface area contributed by atoms with Gasteiger partial charge in [0, 0.05) is 12.7 Å². The summed E-state index contributed by atoms with van der Waals surface area (Å²) >= 11 is 6.17. The van der Waals surface area contributed by atoms with Crippen LogP contribution in [0.25, 0.3) is 0 Å². The van der Waals surface area contributed by atoms with E-state index in [-0.39, 0.29) is 6.10 Å². The Labute approximate surface area is 115 Å². The van der Waals surface area contributed by atoms with Crippen LogP contribution in [0.2, 0.25) is 5.02 Å². The average Bonchev–Trinajstić information content (AvgIpc) is 2.37. The molecule has 0 spiro atoms. The Bertz CT molecular complexity index is 358. The zero-order valence-corrected chi connectivity index (χ0v) is 12.0. The number of unbranched alkanes of at least 4 members (excludes halogenated alkanes) is 3. The smallest absolute Gasteiger partial charge is 0.233 e. The number of hydrogen-bond donors (Lipinski definition) is 1. The number of hydrogen-bond acceptors (Lipinski definition) is 3. The van der Waals surface area contributed by atoms with Crippen molar-refractivity contribution in [3.05, 3.63) is 22.8 Å². The van der Waals surface area contributed by atoms with Crippen LogP contribution in [0.5, 0.6) is 5.88 Å². The number of ether oxygens (including phenoxy) is 1. The van der Waals surface area contributed by atoms with Gasteiger partial charge >= 0.3 is 0 Å². The lowest BCUT2D eigenvalue weighted by Crippen LogP contribution is -2.13. The number of nitrogens with two attached hydrogens (primary N) is 1. The lowest BCUT2D eigenvalue weighted by Gasteiger charge is -2.15. The van der Waals surface area contributed by atoms with Crippen molar-refractivity contribution in [1.82, 2.24) is 4.98 Å². The van der Waals surface area contributed by atoms with Gasteiger partial charge in [0.2, 0.25) is 5.88 Å². The highest BCUT2D eigenvalue weighted by Gasteiger charge is 2.11. The highest BCUT2D eigenvalue weighted by Crippen LogP contribution is 2.26. The van der Waals surface area contributed by atoms with E-state index in [4.69, 9.17) is 22.1 Å². The third-order valence-corrected chi connectivity index (χ3v) is 3.34. The fraction of sp³-hybridized carbons (Fsp3) is 0.643. The Kier molecular flexibility index (Phi) is 7.06. The third kappa shape index (κ3) is 4.83. The van der Waals surface area contributed by atoms with Crippen LogP contribution in [0.15, 0.2) is 12.3 Å². The monoisotopic (exact) mass is 270 g/mol. The average molecular weight is 271 g/mol. The molecule has 4 heteroatoms. The Hall–Kier alpha value is -0.800. The Morgan fingerprint density at radius 1 is 1.39 bits per heavy atom. The van der Waals surface area contributed by atoms with Crippen LogP contribution in [0.1, 0.15) is 51.5 Å². The summed E-state index contributed by atoms with van der Waals surface area (Å²) in [5.41, 5.74) is 6.47. The first-order valence-electron chi connectivity index (χ1n) is 6.69. The highest BCUT2D eigenvalue weighted by molar-refractivity contribution is 6.32. The van der Waals surface area contributed by atoms with Crippen molar-refractivity contribution in [3.63, 3.8) is 0 Å². The van der Waals surface area contributed by atoms with Crippen LogP contribution >= 0.6 is 11.6 Å². The molecule has 1 aromatic rings. The second-order valence-electron chi connectivity index (χ2n) is 4.57. The normalized spacial score (nSPS) is 12.4. The van der Waals surface area contributed by atoms with E-state index in [0.717, 1.165) is 12.0 Å². The summed E-state index contributed by atoms with van der Waals surface area (Å²) < 4.78 is 5.77. The predicted octanol–water partition coefficient (Wildman–Crippen LogP) is 3.93. The van der Waals surface area contributed by atoms with Crippen molar-refractivity contribution >= 4 is 11.6 Å². The first kappa shape index (κ1) is 15.3. The van der Waals surface area contributed by atoms with Gasteiger partial charge in [-0.25, -0.2) is 4.98 Å². The predicted molar refractivity (Wildman–Crippen MR) is 76.0 cm³/mol. The molecule has 18 heavy (non-hydrogen) atoms. The molecule has 1 rings (SSSR count). The van der Waals surface area contributed by atoms with Gasteiger partial charge in [0.15, 0.2) is 0 Å². The minimum atomic E-state index is 0.139. The number of halogens is 1. The number of aromatic nitrogens is 1. The standard InChI is InChI=1S/C14H23ClN2O/c1-3-4-5-6-7-11(2)18-14-13(15)12(10-16)8-9-17-14/h8-9,11H,3-7,10,16H2,1-2H3. The molecular weight excluding hydrogens is 248 g/mol. The van der Waals surface area contributed by atoms with Gasteiger partial charge < -0.3 is 10.5 Å². The van der Waals surface area contributed by atoms with E-state index >= 15 is 0 Å². The number of pyridine rings is 1. The topological polar surface area (TPSA) is 48.1 Å². The molecule has 0 saturated heterocycles. The van der Waals surface area contributed by atoms with Gasteiger partial charge in [-0.2, -0.15) is 0 Å². The molecule has 0 aromatic carbocycles. The molecule has 2 N–H and O–H groups in total. The second-order valence-corrected chi connectivity index (χ2v) is 4.95. The second kappa shape index (κ2) is 8.33. The van der Waals surface area contributed by atoms with E-state index < -0.39 is 0 Å². The molecule has 0 bridgehead atoms. The van der Waals surface area contributed by atoms with Crippen molar-refractivity contribution in [2.24, 2.45) is 5.73 Å². The van der Waals surface area contributed by atoms with Gasteiger partial charge in [0.05, 0.1) is 6.10 Å². The Morgan fingerprint density at radius 3 is 2.83 bits per heavy atom. The van der Waals surface area contributed by atoms with Crippen LogP contribution in [-0.2, 0) is 6.54 Å². The molecule has 1 aromatic heterocycles. The minimum absolute atomic E-state index is 0.139. The van der Waals surface area contributed by atoms with E-state index in [1.54, 1.807) is 6.20 Å². The molecule has 0 saturated carbocycles. The van der Waals surface area contributed by atoms with Gasteiger partial charge in [-0.3, -0.25) is 0 Å². The maximum absolute atomic E-state index is 6.17. The molecule has 102 valence electrons.